The lowest BCUT2D eigenvalue weighted by molar-refractivity contribution is 0.0954. The lowest BCUT2D eigenvalue weighted by Crippen LogP contribution is -2.25. The van der Waals surface area contributed by atoms with Gasteiger partial charge >= 0.3 is 0 Å². The van der Waals surface area contributed by atoms with Crippen LogP contribution in [0.3, 0.4) is 0 Å². The number of ether oxygens (including phenoxy) is 1. The minimum absolute atomic E-state index is 0.0846. The van der Waals surface area contributed by atoms with Crippen LogP contribution in [0, 0.1) is 0 Å². The van der Waals surface area contributed by atoms with E-state index in [-0.39, 0.29) is 5.91 Å². The van der Waals surface area contributed by atoms with E-state index in [1.165, 1.54) is 0 Å². The smallest absolute Gasteiger partial charge is 0.251 e. The van der Waals surface area contributed by atoms with Gasteiger partial charge in [0.15, 0.2) is 4.96 Å². The number of nitrogens with one attached hydrogen (secondary N) is 1. The Hall–Kier alpha value is -2.34. The number of aromatic nitrogens is 2. The molecule has 0 aliphatic heterocycles. The average molecular weight is 301 g/mol. The van der Waals surface area contributed by atoms with Crippen molar-refractivity contribution in [3.63, 3.8) is 0 Å². The van der Waals surface area contributed by atoms with Crippen LogP contribution in [0.15, 0.2) is 42.0 Å². The molecule has 0 aliphatic carbocycles. The summed E-state index contributed by atoms with van der Waals surface area (Å²) >= 11 is 1.60. The molecule has 1 amide bonds. The fourth-order valence-electron chi connectivity index (χ4n) is 2.05. The number of hydrogen-bond donors (Lipinski definition) is 1. The molecule has 0 saturated carbocycles. The number of hydrogen-bond acceptors (Lipinski definition) is 4. The highest BCUT2D eigenvalue weighted by Gasteiger charge is 2.06. The summed E-state index contributed by atoms with van der Waals surface area (Å²) in [7, 11) is 1.60. The predicted molar refractivity (Wildman–Crippen MR) is 82.1 cm³/mol. The lowest BCUT2D eigenvalue weighted by Gasteiger charge is -2.05. The zero-order valence-electron chi connectivity index (χ0n) is 11.6. The van der Waals surface area contributed by atoms with Crippen LogP contribution >= 0.6 is 11.3 Å². The number of imidazole rings is 1. The molecule has 0 atom stereocenters. The maximum atomic E-state index is 12.0. The van der Waals surface area contributed by atoms with Crippen LogP contribution in [-0.4, -0.2) is 28.9 Å². The molecule has 6 heteroatoms. The summed E-state index contributed by atoms with van der Waals surface area (Å²) in [5.41, 5.74) is 1.61. The van der Waals surface area contributed by atoms with Crippen molar-refractivity contribution in [3.05, 3.63) is 53.3 Å². The Labute approximate surface area is 126 Å². The van der Waals surface area contributed by atoms with Gasteiger partial charge in [-0.1, -0.05) is 0 Å². The van der Waals surface area contributed by atoms with Crippen molar-refractivity contribution in [1.29, 1.82) is 0 Å². The average Bonchev–Trinajstić information content (AvgIpc) is 3.08. The quantitative estimate of drug-likeness (QED) is 0.787. The first-order valence-electron chi connectivity index (χ1n) is 6.59. The van der Waals surface area contributed by atoms with Gasteiger partial charge in [0.25, 0.3) is 5.91 Å². The summed E-state index contributed by atoms with van der Waals surface area (Å²) in [5, 5.41) is 4.89. The Morgan fingerprint density at radius 2 is 2.19 bits per heavy atom. The molecule has 3 rings (SSSR count). The summed E-state index contributed by atoms with van der Waals surface area (Å²) < 4.78 is 7.06. The third-order valence-corrected chi connectivity index (χ3v) is 3.93. The molecular formula is C15H15N3O2S. The second-order valence-corrected chi connectivity index (χ2v) is 5.43. The van der Waals surface area contributed by atoms with Crippen molar-refractivity contribution < 1.29 is 9.53 Å². The summed E-state index contributed by atoms with van der Waals surface area (Å²) in [6.07, 6.45) is 4.69. The van der Waals surface area contributed by atoms with Gasteiger partial charge in [0.05, 0.1) is 12.8 Å². The van der Waals surface area contributed by atoms with Crippen LogP contribution in [0.1, 0.15) is 16.1 Å². The monoisotopic (exact) mass is 301 g/mol. The number of fused-ring (bicyclic) bond motifs is 1. The van der Waals surface area contributed by atoms with Crippen molar-refractivity contribution >= 4 is 22.2 Å². The van der Waals surface area contributed by atoms with E-state index in [1.807, 2.05) is 22.2 Å². The van der Waals surface area contributed by atoms with E-state index >= 15 is 0 Å². The van der Waals surface area contributed by atoms with Crippen LogP contribution in [0.5, 0.6) is 5.75 Å². The molecule has 2 heterocycles. The van der Waals surface area contributed by atoms with Crippen LogP contribution in [0.4, 0.5) is 0 Å². The van der Waals surface area contributed by atoms with Crippen molar-refractivity contribution in [2.75, 3.05) is 13.7 Å². The van der Waals surface area contributed by atoms with Gasteiger partial charge in [-0.05, 0) is 24.3 Å². The van der Waals surface area contributed by atoms with Gasteiger partial charge in [-0.2, -0.15) is 0 Å². The number of carbonyl (C=O) groups is 1. The first kappa shape index (κ1) is 13.6. The number of amides is 1. The van der Waals surface area contributed by atoms with Gasteiger partial charge in [0, 0.05) is 36.3 Å². The Morgan fingerprint density at radius 1 is 1.38 bits per heavy atom. The maximum absolute atomic E-state index is 12.0. The first-order valence-corrected chi connectivity index (χ1v) is 7.47. The number of methoxy groups -OCH3 is 1. The molecule has 21 heavy (non-hydrogen) atoms. The van der Waals surface area contributed by atoms with E-state index < -0.39 is 0 Å². The fraction of sp³-hybridized carbons (Fsp3) is 0.200. The lowest BCUT2D eigenvalue weighted by atomic mass is 10.2. The molecule has 0 radical (unpaired) electrons. The highest BCUT2D eigenvalue weighted by atomic mass is 32.1. The molecule has 0 spiro atoms. The number of carbonyl (C=O) groups excluding carboxylic acids is 1. The van der Waals surface area contributed by atoms with Gasteiger partial charge in [0.2, 0.25) is 0 Å². The third kappa shape index (κ3) is 3.05. The second-order valence-electron chi connectivity index (χ2n) is 4.56. The van der Waals surface area contributed by atoms with E-state index in [0.717, 1.165) is 22.8 Å². The fourth-order valence-corrected chi connectivity index (χ4v) is 2.76. The molecule has 0 aliphatic rings. The zero-order valence-corrected chi connectivity index (χ0v) is 12.4. The molecule has 0 fully saturated rings. The molecule has 0 saturated heterocycles. The minimum Gasteiger partial charge on any atom is -0.497 e. The molecule has 1 aromatic carbocycles. The largest absolute Gasteiger partial charge is 0.497 e. The molecule has 0 unspecified atom stereocenters. The number of rotatable bonds is 5. The topological polar surface area (TPSA) is 55.6 Å². The summed E-state index contributed by atoms with van der Waals surface area (Å²) in [5.74, 6) is 0.656. The molecule has 1 N–H and O–H groups in total. The molecule has 0 bridgehead atoms. The standard InChI is InChI=1S/C15H15N3O2S/c1-20-13-4-2-11(3-5-13)14(19)16-7-6-12-10-18-8-9-21-15(18)17-12/h2-5,8-10H,6-7H2,1H3,(H,16,19). The molecule has 5 nitrogen and oxygen atoms in total. The van der Waals surface area contributed by atoms with Gasteiger partial charge in [-0.25, -0.2) is 4.98 Å². The normalized spacial score (nSPS) is 10.7. The van der Waals surface area contributed by atoms with Crippen molar-refractivity contribution in [3.8, 4) is 5.75 Å². The van der Waals surface area contributed by atoms with Crippen molar-refractivity contribution in [2.45, 2.75) is 6.42 Å². The van der Waals surface area contributed by atoms with Gasteiger partial charge < -0.3 is 10.1 Å². The summed E-state index contributed by atoms with van der Waals surface area (Å²) in [6.45, 7) is 0.565. The van der Waals surface area contributed by atoms with Gasteiger partial charge in [0.1, 0.15) is 5.75 Å². The molecule has 2 aromatic heterocycles. The van der Waals surface area contributed by atoms with E-state index in [2.05, 4.69) is 10.3 Å². The zero-order chi connectivity index (χ0) is 14.7. The highest BCUT2D eigenvalue weighted by molar-refractivity contribution is 7.15. The van der Waals surface area contributed by atoms with E-state index in [9.17, 15) is 4.79 Å². The Balaban J connectivity index is 1.54. The molecular weight excluding hydrogens is 286 g/mol. The number of nitrogens with zero attached hydrogens (tertiary/aromatic N) is 2. The number of thiazole rings is 1. The van der Waals surface area contributed by atoms with Crippen molar-refractivity contribution in [1.82, 2.24) is 14.7 Å². The predicted octanol–water partition coefficient (Wildman–Crippen LogP) is 2.38. The summed E-state index contributed by atoms with van der Waals surface area (Å²) in [6, 6.07) is 7.05. The Bertz CT molecular complexity index is 717. The first-order chi connectivity index (χ1) is 10.3. The van der Waals surface area contributed by atoms with E-state index in [0.29, 0.717) is 12.1 Å². The Morgan fingerprint density at radius 3 is 2.90 bits per heavy atom. The minimum atomic E-state index is -0.0846. The number of benzene rings is 1. The maximum Gasteiger partial charge on any atom is 0.251 e. The SMILES string of the molecule is COc1ccc(C(=O)NCCc2cn3ccsc3n2)cc1. The Kier molecular flexibility index (Phi) is 3.87. The van der Waals surface area contributed by atoms with Crippen LogP contribution in [0.2, 0.25) is 0 Å². The second kappa shape index (κ2) is 5.97. The van der Waals surface area contributed by atoms with E-state index in [1.54, 1.807) is 42.7 Å². The third-order valence-electron chi connectivity index (χ3n) is 3.16. The van der Waals surface area contributed by atoms with E-state index in [4.69, 9.17) is 4.74 Å². The van der Waals surface area contributed by atoms with Crippen molar-refractivity contribution in [2.24, 2.45) is 0 Å². The van der Waals surface area contributed by atoms with Crippen LogP contribution in [0.25, 0.3) is 4.96 Å². The highest BCUT2D eigenvalue weighted by Crippen LogP contribution is 2.12. The van der Waals surface area contributed by atoms with Crippen LogP contribution < -0.4 is 10.1 Å². The van der Waals surface area contributed by atoms with Crippen LogP contribution in [-0.2, 0) is 6.42 Å². The van der Waals surface area contributed by atoms with Gasteiger partial charge in [-0.15, -0.1) is 11.3 Å². The summed E-state index contributed by atoms with van der Waals surface area (Å²) in [4.78, 5) is 17.4. The molecule has 3 aromatic rings. The van der Waals surface area contributed by atoms with Gasteiger partial charge in [-0.3, -0.25) is 9.20 Å². The molecule has 108 valence electrons.